The Morgan fingerprint density at radius 2 is 1.86 bits per heavy atom. The van der Waals surface area contributed by atoms with E-state index in [0.29, 0.717) is 16.9 Å². The van der Waals surface area contributed by atoms with Crippen LogP contribution < -0.4 is 5.32 Å². The van der Waals surface area contributed by atoms with Gasteiger partial charge in [0.2, 0.25) is 0 Å². The predicted molar refractivity (Wildman–Crippen MR) is 73.3 cm³/mol. The number of hydrogen-bond donors (Lipinski definition) is 2. The highest BCUT2D eigenvalue weighted by Gasteiger charge is 2.30. The fourth-order valence-corrected chi connectivity index (χ4v) is 1.91. The van der Waals surface area contributed by atoms with E-state index in [0.717, 1.165) is 24.3 Å². The van der Waals surface area contributed by atoms with Crippen LogP contribution in [0, 0.1) is 0 Å². The summed E-state index contributed by atoms with van der Waals surface area (Å²) in [5.74, 6) is -0.519. The van der Waals surface area contributed by atoms with Gasteiger partial charge in [-0.25, -0.2) is 9.97 Å². The Labute approximate surface area is 122 Å². The van der Waals surface area contributed by atoms with Crippen LogP contribution in [-0.4, -0.2) is 20.9 Å². The van der Waals surface area contributed by atoms with Crippen LogP contribution in [0.3, 0.4) is 0 Å². The van der Waals surface area contributed by atoms with E-state index < -0.39 is 17.6 Å². The monoisotopic (exact) mass is 306 g/mol. The Morgan fingerprint density at radius 1 is 1.14 bits per heavy atom. The van der Waals surface area contributed by atoms with Crippen LogP contribution in [0.15, 0.2) is 42.9 Å². The molecule has 2 N–H and O–H groups in total. The van der Waals surface area contributed by atoms with Gasteiger partial charge in [0.15, 0.2) is 5.65 Å². The van der Waals surface area contributed by atoms with Gasteiger partial charge in [0.05, 0.1) is 29.3 Å². The molecular formula is C14H9F3N4O. The largest absolute Gasteiger partial charge is 0.416 e. The first-order valence-corrected chi connectivity index (χ1v) is 6.21. The van der Waals surface area contributed by atoms with E-state index in [1.807, 2.05) is 0 Å². The Kier molecular flexibility index (Phi) is 3.28. The van der Waals surface area contributed by atoms with Crippen molar-refractivity contribution in [3.63, 3.8) is 0 Å². The molecule has 0 atom stereocenters. The van der Waals surface area contributed by atoms with Crippen molar-refractivity contribution in [2.75, 3.05) is 5.32 Å². The van der Waals surface area contributed by atoms with Crippen molar-refractivity contribution in [3.05, 3.63) is 54.0 Å². The molecule has 5 nitrogen and oxygen atoms in total. The summed E-state index contributed by atoms with van der Waals surface area (Å²) in [6.45, 7) is 0. The Hall–Kier alpha value is -2.90. The number of nitrogens with one attached hydrogen (secondary N) is 2. The number of halogens is 3. The van der Waals surface area contributed by atoms with Gasteiger partial charge >= 0.3 is 6.18 Å². The zero-order valence-electron chi connectivity index (χ0n) is 11.0. The summed E-state index contributed by atoms with van der Waals surface area (Å²) >= 11 is 0. The number of H-pyrrole nitrogens is 1. The highest BCUT2D eigenvalue weighted by molar-refractivity contribution is 6.04. The number of carbonyl (C=O) groups excluding carboxylic acids is 1. The van der Waals surface area contributed by atoms with Crippen LogP contribution in [0.25, 0.3) is 11.2 Å². The number of pyridine rings is 1. The van der Waals surface area contributed by atoms with Crippen LogP contribution in [0.4, 0.5) is 18.9 Å². The van der Waals surface area contributed by atoms with E-state index in [4.69, 9.17) is 0 Å². The summed E-state index contributed by atoms with van der Waals surface area (Å²) in [5.41, 5.74) is 0.890. The van der Waals surface area contributed by atoms with E-state index in [1.165, 1.54) is 12.5 Å². The SMILES string of the molecule is O=C(Nc1cnc2nc[nH]c2c1)c1ccc(C(F)(F)F)cc1. The maximum Gasteiger partial charge on any atom is 0.416 e. The third-order valence-electron chi connectivity index (χ3n) is 3.01. The first-order valence-electron chi connectivity index (χ1n) is 6.21. The van der Waals surface area contributed by atoms with E-state index in [9.17, 15) is 18.0 Å². The number of hydrogen-bond acceptors (Lipinski definition) is 3. The van der Waals surface area contributed by atoms with E-state index in [2.05, 4.69) is 20.3 Å². The molecule has 0 bridgehead atoms. The van der Waals surface area contributed by atoms with Gasteiger partial charge in [-0.3, -0.25) is 4.79 Å². The average Bonchev–Trinajstić information content (AvgIpc) is 2.94. The number of aromatic nitrogens is 3. The first-order chi connectivity index (χ1) is 10.4. The van der Waals surface area contributed by atoms with E-state index >= 15 is 0 Å². The van der Waals surface area contributed by atoms with Crippen LogP contribution in [-0.2, 0) is 6.18 Å². The maximum absolute atomic E-state index is 12.5. The number of nitrogens with zero attached hydrogens (tertiary/aromatic N) is 2. The smallest absolute Gasteiger partial charge is 0.343 e. The summed E-state index contributed by atoms with van der Waals surface area (Å²) in [6, 6.07) is 5.62. The molecule has 0 saturated carbocycles. The van der Waals surface area contributed by atoms with Gasteiger partial charge in [0.1, 0.15) is 0 Å². The van der Waals surface area contributed by atoms with Crippen molar-refractivity contribution < 1.29 is 18.0 Å². The highest BCUT2D eigenvalue weighted by Crippen LogP contribution is 2.29. The molecule has 0 unspecified atom stereocenters. The molecule has 1 aromatic carbocycles. The molecule has 2 aromatic heterocycles. The molecule has 112 valence electrons. The van der Waals surface area contributed by atoms with E-state index in [-0.39, 0.29) is 5.56 Å². The Morgan fingerprint density at radius 3 is 2.55 bits per heavy atom. The summed E-state index contributed by atoms with van der Waals surface area (Å²) < 4.78 is 37.4. The number of anilines is 1. The Balaban J connectivity index is 1.78. The van der Waals surface area contributed by atoms with Crippen molar-refractivity contribution in [2.45, 2.75) is 6.18 Å². The number of imidazole rings is 1. The lowest BCUT2D eigenvalue weighted by atomic mass is 10.1. The normalized spacial score (nSPS) is 11.6. The number of rotatable bonds is 2. The van der Waals surface area contributed by atoms with Gasteiger partial charge < -0.3 is 10.3 Å². The van der Waals surface area contributed by atoms with Gasteiger partial charge in [0.25, 0.3) is 5.91 Å². The van der Waals surface area contributed by atoms with Crippen LogP contribution in [0.1, 0.15) is 15.9 Å². The minimum atomic E-state index is -4.43. The van der Waals surface area contributed by atoms with Gasteiger partial charge in [-0.05, 0) is 30.3 Å². The second-order valence-electron chi connectivity index (χ2n) is 4.53. The van der Waals surface area contributed by atoms with Crippen LogP contribution in [0.2, 0.25) is 0 Å². The molecule has 8 heteroatoms. The van der Waals surface area contributed by atoms with E-state index in [1.54, 1.807) is 6.07 Å². The molecule has 0 aliphatic heterocycles. The molecule has 3 rings (SSSR count). The minimum absolute atomic E-state index is 0.123. The summed E-state index contributed by atoms with van der Waals surface area (Å²) in [6.07, 6.45) is -1.53. The molecule has 0 aliphatic carbocycles. The van der Waals surface area contributed by atoms with Gasteiger partial charge in [-0.2, -0.15) is 13.2 Å². The zero-order valence-corrected chi connectivity index (χ0v) is 11.0. The van der Waals surface area contributed by atoms with Crippen molar-refractivity contribution in [2.24, 2.45) is 0 Å². The van der Waals surface area contributed by atoms with Gasteiger partial charge in [-0.15, -0.1) is 0 Å². The average molecular weight is 306 g/mol. The number of fused-ring (bicyclic) bond motifs is 1. The fraction of sp³-hybridized carbons (Fsp3) is 0.0714. The fourth-order valence-electron chi connectivity index (χ4n) is 1.91. The molecule has 0 saturated heterocycles. The maximum atomic E-state index is 12.5. The lowest BCUT2D eigenvalue weighted by Crippen LogP contribution is -2.13. The molecule has 3 aromatic rings. The predicted octanol–water partition coefficient (Wildman–Crippen LogP) is 3.23. The number of amides is 1. The molecule has 0 spiro atoms. The summed E-state index contributed by atoms with van der Waals surface area (Å²) in [5, 5.41) is 2.57. The van der Waals surface area contributed by atoms with Crippen molar-refractivity contribution in [3.8, 4) is 0 Å². The number of aromatic amines is 1. The lowest BCUT2D eigenvalue weighted by Gasteiger charge is -2.08. The molecule has 1 amide bonds. The topological polar surface area (TPSA) is 70.7 Å². The second kappa shape index (κ2) is 5.14. The van der Waals surface area contributed by atoms with Crippen molar-refractivity contribution in [1.29, 1.82) is 0 Å². The van der Waals surface area contributed by atoms with Gasteiger partial charge in [0, 0.05) is 5.56 Å². The number of alkyl halides is 3. The molecule has 22 heavy (non-hydrogen) atoms. The van der Waals surface area contributed by atoms with Gasteiger partial charge in [-0.1, -0.05) is 0 Å². The zero-order chi connectivity index (χ0) is 15.7. The van der Waals surface area contributed by atoms with Crippen molar-refractivity contribution >= 4 is 22.8 Å². The Bertz CT molecular complexity index is 824. The second-order valence-corrected chi connectivity index (χ2v) is 4.53. The number of benzene rings is 1. The van der Waals surface area contributed by atoms with Crippen LogP contribution >= 0.6 is 0 Å². The molecule has 0 fully saturated rings. The molecule has 2 heterocycles. The van der Waals surface area contributed by atoms with Crippen molar-refractivity contribution in [1.82, 2.24) is 15.0 Å². The van der Waals surface area contributed by atoms with Crippen LogP contribution in [0.5, 0.6) is 0 Å². The third kappa shape index (κ3) is 2.76. The molecule has 0 radical (unpaired) electrons. The number of carbonyl (C=O) groups is 1. The summed E-state index contributed by atoms with van der Waals surface area (Å²) in [4.78, 5) is 22.8. The molecular weight excluding hydrogens is 297 g/mol. The lowest BCUT2D eigenvalue weighted by molar-refractivity contribution is -0.137. The first kappa shape index (κ1) is 14.1. The molecule has 0 aliphatic rings. The summed E-state index contributed by atoms with van der Waals surface area (Å²) in [7, 11) is 0. The third-order valence-corrected chi connectivity index (χ3v) is 3.01. The quantitative estimate of drug-likeness (QED) is 0.763. The highest BCUT2D eigenvalue weighted by atomic mass is 19.4. The standard InChI is InChI=1S/C14H9F3N4O/c15-14(16,17)9-3-1-8(2-4-9)13(22)21-10-5-11-12(18-6-10)20-7-19-11/h1-7H,(H,21,22)(H,18,19,20). The minimum Gasteiger partial charge on any atom is -0.343 e.